The maximum Gasteiger partial charge on any atom is 0.165 e. The number of anilines is 1. The average molecular weight is 351 g/mol. The zero-order valence-corrected chi connectivity index (χ0v) is 14.4. The molecule has 1 unspecified atom stereocenters. The molecule has 0 aliphatic carbocycles. The van der Waals surface area contributed by atoms with E-state index in [4.69, 9.17) is 4.74 Å². The molecule has 0 aliphatic rings. The molecular formula is C19H18FN5O. The highest BCUT2D eigenvalue weighted by Crippen LogP contribution is 2.29. The Morgan fingerprint density at radius 2 is 2.15 bits per heavy atom. The van der Waals surface area contributed by atoms with Crippen LogP contribution in [0.3, 0.4) is 0 Å². The number of ether oxygens (including phenoxy) is 1. The van der Waals surface area contributed by atoms with Crippen molar-refractivity contribution in [1.82, 2.24) is 19.6 Å². The molecule has 132 valence electrons. The third-order valence-corrected chi connectivity index (χ3v) is 4.30. The lowest BCUT2D eigenvalue weighted by Crippen LogP contribution is -2.10. The quantitative estimate of drug-likeness (QED) is 0.569. The fraction of sp³-hybridized carbons (Fsp3) is 0.158. The standard InChI is InChI=1S/C19H18FN5O/c1-12(15-9-14(20)3-4-17(15)26-2)23-18-6-8-25-19(24-18)16(11-22-25)13-5-7-21-10-13/h3-12,21H,1-2H3,(H,23,24). The van der Waals surface area contributed by atoms with E-state index in [1.807, 2.05) is 37.6 Å². The van der Waals surface area contributed by atoms with Crippen LogP contribution in [0.2, 0.25) is 0 Å². The van der Waals surface area contributed by atoms with Crippen molar-refractivity contribution in [3.05, 3.63) is 66.5 Å². The van der Waals surface area contributed by atoms with E-state index in [9.17, 15) is 4.39 Å². The molecule has 0 spiro atoms. The van der Waals surface area contributed by atoms with Crippen LogP contribution in [0.25, 0.3) is 16.8 Å². The number of hydrogen-bond acceptors (Lipinski definition) is 4. The second kappa shape index (κ2) is 6.51. The van der Waals surface area contributed by atoms with Crippen LogP contribution in [0.15, 0.2) is 55.1 Å². The van der Waals surface area contributed by atoms with Crippen LogP contribution < -0.4 is 10.1 Å². The van der Waals surface area contributed by atoms with Gasteiger partial charge in [0.1, 0.15) is 17.4 Å². The van der Waals surface area contributed by atoms with Crippen molar-refractivity contribution in [2.45, 2.75) is 13.0 Å². The predicted molar refractivity (Wildman–Crippen MR) is 97.8 cm³/mol. The number of hydrogen-bond donors (Lipinski definition) is 2. The fourth-order valence-corrected chi connectivity index (χ4v) is 2.99. The molecular weight excluding hydrogens is 333 g/mol. The molecule has 0 bridgehead atoms. The van der Waals surface area contributed by atoms with Crippen molar-refractivity contribution in [2.75, 3.05) is 12.4 Å². The van der Waals surface area contributed by atoms with E-state index in [1.165, 1.54) is 12.1 Å². The lowest BCUT2D eigenvalue weighted by atomic mass is 10.1. The normalized spacial score (nSPS) is 12.3. The molecule has 0 aliphatic heterocycles. The zero-order chi connectivity index (χ0) is 18.1. The SMILES string of the molecule is COc1ccc(F)cc1C(C)Nc1ccn2ncc(-c3cc[nH]c3)c2n1. The molecule has 3 aromatic heterocycles. The van der Waals surface area contributed by atoms with Gasteiger partial charge in [-0.15, -0.1) is 0 Å². The van der Waals surface area contributed by atoms with Gasteiger partial charge in [0.05, 0.1) is 19.3 Å². The predicted octanol–water partition coefficient (Wildman–Crippen LogP) is 4.05. The van der Waals surface area contributed by atoms with E-state index in [2.05, 4.69) is 20.4 Å². The Kier molecular flexibility index (Phi) is 4.04. The van der Waals surface area contributed by atoms with E-state index in [1.54, 1.807) is 23.9 Å². The molecule has 4 aromatic rings. The van der Waals surface area contributed by atoms with Gasteiger partial charge in [-0.3, -0.25) is 0 Å². The molecule has 1 atom stereocenters. The Bertz CT molecular complexity index is 1040. The highest BCUT2D eigenvalue weighted by molar-refractivity contribution is 5.77. The van der Waals surface area contributed by atoms with Crippen molar-refractivity contribution < 1.29 is 9.13 Å². The first-order valence-electron chi connectivity index (χ1n) is 8.23. The van der Waals surface area contributed by atoms with Gasteiger partial charge in [0.25, 0.3) is 0 Å². The largest absolute Gasteiger partial charge is 0.496 e. The number of H-pyrrole nitrogens is 1. The summed E-state index contributed by atoms with van der Waals surface area (Å²) in [5.74, 6) is 1.00. The number of methoxy groups -OCH3 is 1. The van der Waals surface area contributed by atoms with Crippen LogP contribution in [-0.2, 0) is 0 Å². The first kappa shape index (κ1) is 16.1. The van der Waals surface area contributed by atoms with Gasteiger partial charge in [0.2, 0.25) is 0 Å². The summed E-state index contributed by atoms with van der Waals surface area (Å²) in [6.45, 7) is 1.94. The van der Waals surface area contributed by atoms with Crippen molar-refractivity contribution in [1.29, 1.82) is 0 Å². The van der Waals surface area contributed by atoms with Gasteiger partial charge in [-0.25, -0.2) is 13.9 Å². The number of nitrogens with zero attached hydrogens (tertiary/aromatic N) is 3. The van der Waals surface area contributed by atoms with Crippen LogP contribution in [0.4, 0.5) is 10.2 Å². The molecule has 7 heteroatoms. The summed E-state index contributed by atoms with van der Waals surface area (Å²) in [4.78, 5) is 7.71. The maximum atomic E-state index is 13.6. The van der Waals surface area contributed by atoms with Gasteiger partial charge in [-0.05, 0) is 37.3 Å². The van der Waals surface area contributed by atoms with Gasteiger partial charge in [0, 0.05) is 35.3 Å². The van der Waals surface area contributed by atoms with E-state index >= 15 is 0 Å². The van der Waals surface area contributed by atoms with E-state index < -0.39 is 0 Å². The molecule has 0 amide bonds. The number of aromatic amines is 1. The number of fused-ring (bicyclic) bond motifs is 1. The van der Waals surface area contributed by atoms with Gasteiger partial charge in [0.15, 0.2) is 5.65 Å². The first-order chi connectivity index (χ1) is 12.7. The van der Waals surface area contributed by atoms with Crippen LogP contribution in [0.5, 0.6) is 5.75 Å². The van der Waals surface area contributed by atoms with Crippen molar-refractivity contribution in [3.63, 3.8) is 0 Å². The van der Waals surface area contributed by atoms with Crippen molar-refractivity contribution >= 4 is 11.5 Å². The third-order valence-electron chi connectivity index (χ3n) is 4.30. The first-order valence-corrected chi connectivity index (χ1v) is 8.23. The minimum atomic E-state index is -0.302. The summed E-state index contributed by atoms with van der Waals surface area (Å²) in [7, 11) is 1.57. The van der Waals surface area contributed by atoms with E-state index in [0.29, 0.717) is 11.6 Å². The summed E-state index contributed by atoms with van der Waals surface area (Å²) >= 11 is 0. The van der Waals surface area contributed by atoms with Crippen molar-refractivity contribution in [2.24, 2.45) is 0 Å². The Hall–Kier alpha value is -3.35. The summed E-state index contributed by atoms with van der Waals surface area (Å²) in [6, 6.07) is 8.10. The lowest BCUT2D eigenvalue weighted by Gasteiger charge is -2.18. The van der Waals surface area contributed by atoms with Crippen LogP contribution in [0.1, 0.15) is 18.5 Å². The molecule has 0 radical (unpaired) electrons. The second-order valence-electron chi connectivity index (χ2n) is 5.99. The summed E-state index contributed by atoms with van der Waals surface area (Å²) < 4.78 is 20.7. The van der Waals surface area contributed by atoms with Gasteiger partial charge in [-0.2, -0.15) is 5.10 Å². The lowest BCUT2D eigenvalue weighted by molar-refractivity contribution is 0.406. The third kappa shape index (κ3) is 2.88. The smallest absolute Gasteiger partial charge is 0.165 e. The molecule has 1 aromatic carbocycles. The minimum Gasteiger partial charge on any atom is -0.496 e. The summed E-state index contributed by atoms with van der Waals surface area (Å²) in [5.41, 5.74) is 3.43. The van der Waals surface area contributed by atoms with Crippen LogP contribution >= 0.6 is 0 Å². The van der Waals surface area contributed by atoms with Gasteiger partial charge < -0.3 is 15.0 Å². The highest BCUT2D eigenvalue weighted by atomic mass is 19.1. The molecule has 0 fully saturated rings. The number of nitrogens with one attached hydrogen (secondary N) is 2. The Morgan fingerprint density at radius 3 is 2.92 bits per heavy atom. The number of aromatic nitrogens is 4. The maximum absolute atomic E-state index is 13.6. The second-order valence-corrected chi connectivity index (χ2v) is 5.99. The number of halogens is 1. The Labute approximate surface area is 149 Å². The van der Waals surface area contributed by atoms with Crippen LogP contribution in [0, 0.1) is 5.82 Å². The van der Waals surface area contributed by atoms with Crippen LogP contribution in [-0.4, -0.2) is 26.7 Å². The number of rotatable bonds is 5. The zero-order valence-electron chi connectivity index (χ0n) is 14.4. The van der Waals surface area contributed by atoms with E-state index in [-0.39, 0.29) is 11.9 Å². The molecule has 0 saturated heterocycles. The fourth-order valence-electron chi connectivity index (χ4n) is 2.99. The van der Waals surface area contributed by atoms with Gasteiger partial charge >= 0.3 is 0 Å². The highest BCUT2D eigenvalue weighted by Gasteiger charge is 2.15. The molecule has 3 heterocycles. The molecule has 2 N–H and O–H groups in total. The van der Waals surface area contributed by atoms with Gasteiger partial charge in [-0.1, -0.05) is 0 Å². The molecule has 6 nitrogen and oxygen atoms in total. The number of benzene rings is 1. The van der Waals surface area contributed by atoms with Crippen molar-refractivity contribution in [3.8, 4) is 16.9 Å². The monoisotopic (exact) mass is 351 g/mol. The molecule has 4 rings (SSSR count). The van der Waals surface area contributed by atoms with E-state index in [0.717, 1.165) is 22.3 Å². The minimum absolute atomic E-state index is 0.186. The average Bonchev–Trinajstić information content (AvgIpc) is 3.30. The Morgan fingerprint density at radius 1 is 1.27 bits per heavy atom. The molecule has 0 saturated carbocycles. The Balaban J connectivity index is 1.67. The summed E-state index contributed by atoms with van der Waals surface area (Å²) in [5, 5.41) is 7.64. The molecule has 26 heavy (non-hydrogen) atoms. The summed E-state index contributed by atoms with van der Waals surface area (Å²) in [6.07, 6.45) is 7.39. The topological polar surface area (TPSA) is 67.2 Å².